The highest BCUT2D eigenvalue weighted by atomic mass is 16.5. The van der Waals surface area contributed by atoms with E-state index in [2.05, 4.69) is 0 Å². The fourth-order valence-electron chi connectivity index (χ4n) is 2.67. The summed E-state index contributed by atoms with van der Waals surface area (Å²) < 4.78 is 4.99. The predicted octanol–water partition coefficient (Wildman–Crippen LogP) is 1.87. The van der Waals surface area contributed by atoms with Crippen molar-refractivity contribution in [1.29, 1.82) is 0 Å². The van der Waals surface area contributed by atoms with Gasteiger partial charge in [0.15, 0.2) is 11.5 Å². The van der Waals surface area contributed by atoms with Crippen LogP contribution in [0.1, 0.15) is 36.5 Å². The number of benzene rings is 1. The van der Waals surface area contributed by atoms with Crippen LogP contribution in [-0.2, 0) is 4.79 Å². The number of likely N-dealkylation sites (tertiary alicyclic amines) is 1. The SMILES string of the molecule is COc1cccc(C(=O)N2CCCCC2(C)C(=O)O)c1O. The number of aromatic hydroxyl groups is 1. The molecule has 1 atom stereocenters. The van der Waals surface area contributed by atoms with Gasteiger partial charge < -0.3 is 19.8 Å². The van der Waals surface area contributed by atoms with E-state index in [1.54, 1.807) is 19.1 Å². The maximum atomic E-state index is 12.7. The zero-order valence-corrected chi connectivity index (χ0v) is 12.1. The molecular weight excluding hydrogens is 274 g/mol. The molecule has 21 heavy (non-hydrogen) atoms. The second-order valence-corrected chi connectivity index (χ2v) is 5.35. The second-order valence-electron chi connectivity index (χ2n) is 5.35. The first-order valence-electron chi connectivity index (χ1n) is 6.83. The first-order chi connectivity index (χ1) is 9.91. The second kappa shape index (κ2) is 5.63. The molecule has 0 aliphatic carbocycles. The van der Waals surface area contributed by atoms with Gasteiger partial charge in [0.1, 0.15) is 5.54 Å². The first kappa shape index (κ1) is 15.2. The highest BCUT2D eigenvalue weighted by Gasteiger charge is 2.44. The smallest absolute Gasteiger partial charge is 0.329 e. The van der Waals surface area contributed by atoms with Gasteiger partial charge in [-0.2, -0.15) is 0 Å². The summed E-state index contributed by atoms with van der Waals surface area (Å²) >= 11 is 0. The lowest BCUT2D eigenvalue weighted by Crippen LogP contribution is -2.57. The quantitative estimate of drug-likeness (QED) is 0.888. The third-order valence-electron chi connectivity index (χ3n) is 4.05. The number of para-hydroxylation sites is 1. The molecule has 1 unspecified atom stereocenters. The molecule has 6 heteroatoms. The van der Waals surface area contributed by atoms with Gasteiger partial charge in [-0.25, -0.2) is 4.79 Å². The average Bonchev–Trinajstić information content (AvgIpc) is 2.47. The van der Waals surface area contributed by atoms with Crippen LogP contribution in [0.4, 0.5) is 0 Å². The Kier molecular flexibility index (Phi) is 4.06. The van der Waals surface area contributed by atoms with Crippen molar-refractivity contribution in [3.8, 4) is 11.5 Å². The summed E-state index contributed by atoms with van der Waals surface area (Å²) in [6.07, 6.45) is 1.91. The van der Waals surface area contributed by atoms with Crippen LogP contribution in [0.25, 0.3) is 0 Å². The highest BCUT2D eigenvalue weighted by Crippen LogP contribution is 2.34. The van der Waals surface area contributed by atoms with Gasteiger partial charge in [-0.05, 0) is 38.3 Å². The lowest BCUT2D eigenvalue weighted by atomic mass is 9.87. The largest absolute Gasteiger partial charge is 0.504 e. The zero-order chi connectivity index (χ0) is 15.6. The standard InChI is InChI=1S/C15H19NO5/c1-15(14(19)20)8-3-4-9-16(15)13(18)10-6-5-7-11(21-2)12(10)17/h5-7,17H,3-4,8-9H2,1-2H3,(H,19,20). The minimum absolute atomic E-state index is 0.0590. The molecule has 114 valence electrons. The number of phenols is 1. The van der Waals surface area contributed by atoms with Crippen molar-refractivity contribution >= 4 is 11.9 Å². The van der Waals surface area contributed by atoms with E-state index in [4.69, 9.17) is 4.74 Å². The van der Waals surface area contributed by atoms with Gasteiger partial charge in [0.25, 0.3) is 5.91 Å². The number of carboxylic acid groups (broad SMARTS) is 1. The number of hydrogen-bond donors (Lipinski definition) is 2. The summed E-state index contributed by atoms with van der Waals surface area (Å²) in [6, 6.07) is 4.60. The van der Waals surface area contributed by atoms with Gasteiger partial charge in [0.2, 0.25) is 0 Å². The van der Waals surface area contributed by atoms with Gasteiger partial charge in [0.05, 0.1) is 12.7 Å². The lowest BCUT2D eigenvalue weighted by molar-refractivity contribution is -0.150. The Morgan fingerprint density at radius 1 is 1.33 bits per heavy atom. The number of amides is 1. The number of methoxy groups -OCH3 is 1. The third kappa shape index (κ3) is 2.53. The summed E-state index contributed by atoms with van der Waals surface area (Å²) in [6.45, 7) is 1.90. The molecule has 1 fully saturated rings. The number of carbonyl (C=O) groups is 2. The topological polar surface area (TPSA) is 87.1 Å². The minimum Gasteiger partial charge on any atom is -0.504 e. The normalized spacial score (nSPS) is 21.9. The Balaban J connectivity index is 2.41. The molecule has 0 aromatic heterocycles. The first-order valence-corrected chi connectivity index (χ1v) is 6.83. The number of piperidine rings is 1. The number of aliphatic carboxylic acids is 1. The Hall–Kier alpha value is -2.24. The average molecular weight is 293 g/mol. The number of ether oxygens (including phenoxy) is 1. The molecule has 1 aromatic carbocycles. The molecule has 2 rings (SSSR count). The van der Waals surface area contributed by atoms with Crippen molar-refractivity contribution in [2.75, 3.05) is 13.7 Å². The van der Waals surface area contributed by atoms with E-state index < -0.39 is 17.4 Å². The molecule has 1 heterocycles. The maximum absolute atomic E-state index is 12.7. The molecule has 0 saturated carbocycles. The fourth-order valence-corrected chi connectivity index (χ4v) is 2.67. The minimum atomic E-state index is -1.25. The zero-order valence-electron chi connectivity index (χ0n) is 12.1. The Labute approximate surface area is 122 Å². The lowest BCUT2D eigenvalue weighted by Gasteiger charge is -2.41. The number of hydrogen-bond acceptors (Lipinski definition) is 4. The van der Waals surface area contributed by atoms with Crippen LogP contribution in [0.3, 0.4) is 0 Å². The van der Waals surface area contributed by atoms with Crippen molar-refractivity contribution in [1.82, 2.24) is 4.90 Å². The van der Waals surface area contributed by atoms with Crippen LogP contribution >= 0.6 is 0 Å². The molecule has 1 saturated heterocycles. The van der Waals surface area contributed by atoms with Crippen molar-refractivity contribution in [3.05, 3.63) is 23.8 Å². The fraction of sp³-hybridized carbons (Fsp3) is 0.467. The number of rotatable bonds is 3. The number of carbonyl (C=O) groups excluding carboxylic acids is 1. The number of nitrogens with zero attached hydrogens (tertiary/aromatic N) is 1. The molecule has 1 aromatic rings. The molecule has 1 aliphatic heterocycles. The van der Waals surface area contributed by atoms with Crippen molar-refractivity contribution < 1.29 is 24.5 Å². The molecule has 1 amide bonds. The molecule has 0 bridgehead atoms. The van der Waals surface area contributed by atoms with Crippen molar-refractivity contribution in [3.63, 3.8) is 0 Å². The predicted molar refractivity (Wildman–Crippen MR) is 75.6 cm³/mol. The van der Waals surface area contributed by atoms with E-state index in [9.17, 15) is 19.8 Å². The van der Waals surface area contributed by atoms with E-state index in [0.29, 0.717) is 13.0 Å². The van der Waals surface area contributed by atoms with Crippen LogP contribution in [0.2, 0.25) is 0 Å². The van der Waals surface area contributed by atoms with Crippen LogP contribution in [0.15, 0.2) is 18.2 Å². The summed E-state index contributed by atoms with van der Waals surface area (Å²) in [5.74, 6) is -1.59. The van der Waals surface area contributed by atoms with Gasteiger partial charge in [-0.3, -0.25) is 4.79 Å². The third-order valence-corrected chi connectivity index (χ3v) is 4.05. The van der Waals surface area contributed by atoms with E-state index in [0.717, 1.165) is 12.8 Å². The Morgan fingerprint density at radius 2 is 2.05 bits per heavy atom. The van der Waals surface area contributed by atoms with Crippen LogP contribution in [0.5, 0.6) is 11.5 Å². The molecule has 0 spiro atoms. The number of phenolic OH excluding ortho intramolecular Hbond substituents is 1. The highest BCUT2D eigenvalue weighted by molar-refractivity contribution is 6.00. The Morgan fingerprint density at radius 3 is 2.67 bits per heavy atom. The van der Waals surface area contributed by atoms with Gasteiger partial charge in [-0.1, -0.05) is 6.07 Å². The summed E-state index contributed by atoms with van der Waals surface area (Å²) in [5.41, 5.74) is -1.19. The number of carboxylic acids is 1. The summed E-state index contributed by atoms with van der Waals surface area (Å²) in [4.78, 5) is 25.5. The van der Waals surface area contributed by atoms with Gasteiger partial charge in [0, 0.05) is 6.54 Å². The maximum Gasteiger partial charge on any atom is 0.329 e. The molecule has 0 radical (unpaired) electrons. The van der Waals surface area contributed by atoms with Crippen LogP contribution in [0, 0.1) is 0 Å². The molecule has 1 aliphatic rings. The van der Waals surface area contributed by atoms with Crippen LogP contribution < -0.4 is 4.74 Å². The van der Waals surface area contributed by atoms with Crippen LogP contribution in [-0.4, -0.2) is 46.2 Å². The molecule has 6 nitrogen and oxygen atoms in total. The van der Waals surface area contributed by atoms with Crippen molar-refractivity contribution in [2.45, 2.75) is 31.7 Å². The van der Waals surface area contributed by atoms with E-state index >= 15 is 0 Å². The van der Waals surface area contributed by atoms with E-state index in [1.807, 2.05) is 0 Å². The monoisotopic (exact) mass is 293 g/mol. The molecular formula is C15H19NO5. The van der Waals surface area contributed by atoms with Gasteiger partial charge >= 0.3 is 5.97 Å². The summed E-state index contributed by atoms with van der Waals surface area (Å²) in [7, 11) is 1.39. The van der Waals surface area contributed by atoms with E-state index in [1.165, 1.54) is 18.1 Å². The molecule has 2 N–H and O–H groups in total. The van der Waals surface area contributed by atoms with Crippen molar-refractivity contribution in [2.24, 2.45) is 0 Å². The Bertz CT molecular complexity index is 571. The summed E-state index contributed by atoms with van der Waals surface area (Å²) in [5, 5.41) is 19.5. The van der Waals surface area contributed by atoms with E-state index in [-0.39, 0.29) is 17.1 Å². The van der Waals surface area contributed by atoms with Gasteiger partial charge in [-0.15, -0.1) is 0 Å².